The van der Waals surface area contributed by atoms with Crippen LogP contribution in [0.15, 0.2) is 29.4 Å². The molecular formula is C14H19N5S2. The summed E-state index contributed by atoms with van der Waals surface area (Å²) < 4.78 is 2.00. The summed E-state index contributed by atoms with van der Waals surface area (Å²) in [6.45, 7) is 5.60. The maximum absolute atomic E-state index is 5.90. The highest BCUT2D eigenvalue weighted by molar-refractivity contribution is 7.99. The van der Waals surface area contributed by atoms with Crippen LogP contribution < -0.4 is 11.1 Å². The van der Waals surface area contributed by atoms with Crippen molar-refractivity contribution in [3.05, 3.63) is 35.9 Å². The lowest BCUT2D eigenvalue weighted by molar-refractivity contribution is 0.708. The van der Waals surface area contributed by atoms with Crippen LogP contribution in [-0.4, -0.2) is 25.5 Å². The molecule has 0 fully saturated rings. The smallest absolute Gasteiger partial charge is 0.152 e. The van der Waals surface area contributed by atoms with E-state index in [4.69, 9.17) is 18.0 Å². The topological polar surface area (TPSA) is 68.8 Å². The molecule has 0 radical (unpaired) electrons. The Labute approximate surface area is 134 Å². The van der Waals surface area contributed by atoms with E-state index in [9.17, 15) is 0 Å². The highest BCUT2D eigenvalue weighted by Crippen LogP contribution is 2.28. The number of aromatic nitrogens is 3. The maximum Gasteiger partial charge on any atom is 0.152 e. The molecule has 2 aromatic rings. The van der Waals surface area contributed by atoms with E-state index in [0.717, 1.165) is 34.3 Å². The van der Waals surface area contributed by atoms with Crippen LogP contribution in [0.25, 0.3) is 0 Å². The number of benzene rings is 1. The molecule has 0 atom stereocenters. The van der Waals surface area contributed by atoms with Gasteiger partial charge in [0.15, 0.2) is 5.82 Å². The van der Waals surface area contributed by atoms with Gasteiger partial charge in [-0.05, 0) is 24.8 Å². The van der Waals surface area contributed by atoms with Crippen LogP contribution in [-0.2, 0) is 13.1 Å². The van der Waals surface area contributed by atoms with Gasteiger partial charge in [-0.15, -0.1) is 22.0 Å². The standard InChI is InChI=1S/C14H19N5S2/c1-3-19-9-17-18-12(19)8-16-10-6-5-7-11(21-4-2)13(10)14(15)20/h5-7,9,16H,3-4,8H2,1-2H3,(H2,15,20). The Kier molecular flexibility index (Phi) is 5.58. The average molecular weight is 321 g/mol. The first-order valence-electron chi connectivity index (χ1n) is 6.83. The highest BCUT2D eigenvalue weighted by atomic mass is 32.2. The number of aryl methyl sites for hydroxylation is 1. The second-order valence-corrected chi connectivity index (χ2v) is 6.11. The van der Waals surface area contributed by atoms with Gasteiger partial charge in [-0.25, -0.2) is 0 Å². The summed E-state index contributed by atoms with van der Waals surface area (Å²) in [7, 11) is 0. The van der Waals surface area contributed by atoms with E-state index in [0.29, 0.717) is 11.5 Å². The van der Waals surface area contributed by atoms with E-state index in [-0.39, 0.29) is 0 Å². The minimum atomic E-state index is 0.408. The van der Waals surface area contributed by atoms with Crippen LogP contribution >= 0.6 is 24.0 Å². The van der Waals surface area contributed by atoms with Crippen molar-refractivity contribution < 1.29 is 0 Å². The number of hydrogen-bond acceptors (Lipinski definition) is 5. The SMILES string of the molecule is CCSc1cccc(NCc2nncn2CC)c1C(N)=S. The van der Waals surface area contributed by atoms with Crippen molar-refractivity contribution in [2.75, 3.05) is 11.1 Å². The van der Waals surface area contributed by atoms with Crippen LogP contribution in [0.2, 0.25) is 0 Å². The molecule has 0 aliphatic carbocycles. The van der Waals surface area contributed by atoms with Crippen molar-refractivity contribution in [3.63, 3.8) is 0 Å². The number of hydrogen-bond donors (Lipinski definition) is 2. The monoisotopic (exact) mass is 321 g/mol. The van der Waals surface area contributed by atoms with Crippen molar-refractivity contribution in [2.24, 2.45) is 5.73 Å². The number of thioether (sulfide) groups is 1. The van der Waals surface area contributed by atoms with Crippen LogP contribution in [0.3, 0.4) is 0 Å². The van der Waals surface area contributed by atoms with Crippen LogP contribution in [0.4, 0.5) is 5.69 Å². The number of nitrogens with zero attached hydrogens (tertiary/aromatic N) is 3. The molecule has 1 aromatic carbocycles. The fourth-order valence-corrected chi connectivity index (χ4v) is 3.20. The Bertz CT molecular complexity index is 624. The Morgan fingerprint density at radius 2 is 2.24 bits per heavy atom. The predicted octanol–water partition coefficient (Wildman–Crippen LogP) is 2.66. The molecule has 112 valence electrons. The summed E-state index contributed by atoms with van der Waals surface area (Å²) in [5.41, 5.74) is 7.74. The molecular weight excluding hydrogens is 302 g/mol. The van der Waals surface area contributed by atoms with Gasteiger partial charge in [-0.1, -0.05) is 25.2 Å². The van der Waals surface area contributed by atoms with Crippen molar-refractivity contribution >= 4 is 34.7 Å². The maximum atomic E-state index is 5.90. The first-order valence-corrected chi connectivity index (χ1v) is 8.22. The summed E-state index contributed by atoms with van der Waals surface area (Å²) in [5, 5.41) is 11.4. The minimum Gasteiger partial charge on any atom is -0.389 e. The number of nitrogens with two attached hydrogens (primary N) is 1. The fourth-order valence-electron chi connectivity index (χ4n) is 2.06. The number of rotatable bonds is 7. The molecule has 0 aliphatic rings. The van der Waals surface area contributed by atoms with Gasteiger partial charge in [-0.3, -0.25) is 0 Å². The lowest BCUT2D eigenvalue weighted by atomic mass is 10.1. The third-order valence-electron chi connectivity index (χ3n) is 3.05. The average Bonchev–Trinajstić information content (AvgIpc) is 2.92. The molecule has 0 aliphatic heterocycles. The van der Waals surface area contributed by atoms with Crippen molar-refractivity contribution in [3.8, 4) is 0 Å². The van der Waals surface area contributed by atoms with Gasteiger partial charge in [0.25, 0.3) is 0 Å². The Morgan fingerprint density at radius 3 is 2.90 bits per heavy atom. The van der Waals surface area contributed by atoms with E-state index >= 15 is 0 Å². The fraction of sp³-hybridized carbons (Fsp3) is 0.357. The second-order valence-electron chi connectivity index (χ2n) is 4.36. The molecule has 0 bridgehead atoms. The molecule has 21 heavy (non-hydrogen) atoms. The van der Waals surface area contributed by atoms with Crippen LogP contribution in [0.1, 0.15) is 25.2 Å². The van der Waals surface area contributed by atoms with Crippen molar-refractivity contribution in [1.82, 2.24) is 14.8 Å². The van der Waals surface area contributed by atoms with Crippen LogP contribution in [0, 0.1) is 0 Å². The Balaban J connectivity index is 2.23. The molecule has 7 heteroatoms. The third-order valence-corrected chi connectivity index (χ3v) is 4.19. The zero-order valence-electron chi connectivity index (χ0n) is 12.2. The summed E-state index contributed by atoms with van der Waals surface area (Å²) in [4.78, 5) is 1.51. The van der Waals surface area contributed by atoms with Gasteiger partial charge in [0.05, 0.1) is 6.54 Å². The zero-order chi connectivity index (χ0) is 15.2. The molecule has 2 rings (SSSR count). The van der Waals surface area contributed by atoms with Crippen LogP contribution in [0.5, 0.6) is 0 Å². The minimum absolute atomic E-state index is 0.408. The van der Waals surface area contributed by atoms with E-state index < -0.39 is 0 Å². The van der Waals surface area contributed by atoms with Gasteiger partial charge >= 0.3 is 0 Å². The largest absolute Gasteiger partial charge is 0.389 e. The number of thiocarbonyl (C=S) groups is 1. The lowest BCUT2D eigenvalue weighted by Gasteiger charge is -2.14. The van der Waals surface area contributed by atoms with Gasteiger partial charge in [-0.2, -0.15) is 0 Å². The normalized spacial score (nSPS) is 10.6. The van der Waals surface area contributed by atoms with E-state index in [1.54, 1.807) is 18.1 Å². The number of anilines is 1. The molecule has 0 saturated carbocycles. The zero-order valence-corrected chi connectivity index (χ0v) is 13.8. The lowest BCUT2D eigenvalue weighted by Crippen LogP contribution is -2.15. The molecule has 0 spiro atoms. The molecule has 0 saturated heterocycles. The Hall–Kier alpha value is -1.60. The molecule has 5 nitrogen and oxygen atoms in total. The first kappa shape index (κ1) is 15.8. The summed E-state index contributed by atoms with van der Waals surface area (Å²) in [6, 6.07) is 6.04. The summed E-state index contributed by atoms with van der Waals surface area (Å²) in [5.74, 6) is 1.86. The van der Waals surface area contributed by atoms with Crippen molar-refractivity contribution in [2.45, 2.75) is 31.8 Å². The molecule has 1 heterocycles. The molecule has 0 amide bonds. The van der Waals surface area contributed by atoms with E-state index in [1.807, 2.05) is 22.8 Å². The molecule has 0 unspecified atom stereocenters. The predicted molar refractivity (Wildman–Crippen MR) is 91.8 cm³/mol. The second kappa shape index (κ2) is 7.42. The van der Waals surface area contributed by atoms with Gasteiger partial charge in [0.1, 0.15) is 11.3 Å². The molecule has 3 N–H and O–H groups in total. The number of nitrogens with one attached hydrogen (secondary N) is 1. The van der Waals surface area contributed by atoms with E-state index in [1.165, 1.54) is 0 Å². The van der Waals surface area contributed by atoms with Gasteiger partial charge in [0, 0.05) is 22.7 Å². The third kappa shape index (κ3) is 3.74. The highest BCUT2D eigenvalue weighted by Gasteiger charge is 2.12. The van der Waals surface area contributed by atoms with Gasteiger partial charge in [0.2, 0.25) is 0 Å². The summed E-state index contributed by atoms with van der Waals surface area (Å²) >= 11 is 6.94. The van der Waals surface area contributed by atoms with Gasteiger partial charge < -0.3 is 15.6 Å². The Morgan fingerprint density at radius 1 is 1.43 bits per heavy atom. The first-order chi connectivity index (χ1) is 10.2. The van der Waals surface area contributed by atoms with Crippen molar-refractivity contribution in [1.29, 1.82) is 0 Å². The molecule has 1 aromatic heterocycles. The summed E-state index contributed by atoms with van der Waals surface area (Å²) in [6.07, 6.45) is 1.73. The quantitative estimate of drug-likeness (QED) is 0.603. The van der Waals surface area contributed by atoms with E-state index in [2.05, 4.69) is 29.4 Å².